The van der Waals surface area contributed by atoms with Crippen LogP contribution in [0.4, 0.5) is 10.1 Å². The van der Waals surface area contributed by atoms with Crippen LogP contribution in [0.15, 0.2) is 18.2 Å². The van der Waals surface area contributed by atoms with Gasteiger partial charge in [0.15, 0.2) is 0 Å². The van der Waals surface area contributed by atoms with Gasteiger partial charge in [0.25, 0.3) is 0 Å². The Morgan fingerprint density at radius 3 is 2.83 bits per heavy atom. The highest BCUT2D eigenvalue weighted by molar-refractivity contribution is 5.54. The van der Waals surface area contributed by atoms with Gasteiger partial charge in [-0.3, -0.25) is 0 Å². The number of hydrogen-bond acceptors (Lipinski definition) is 2. The summed E-state index contributed by atoms with van der Waals surface area (Å²) in [5.74, 6) is 0.623. The number of hydrogen-bond donors (Lipinski definition) is 1. The van der Waals surface area contributed by atoms with Crippen molar-refractivity contribution in [3.8, 4) is 0 Å². The molecular weight excluding hydrogens is 227 g/mol. The number of rotatable bonds is 4. The second kappa shape index (κ2) is 4.88. The summed E-state index contributed by atoms with van der Waals surface area (Å²) >= 11 is 0. The summed E-state index contributed by atoms with van der Waals surface area (Å²) < 4.78 is 13.4. The van der Waals surface area contributed by atoms with Gasteiger partial charge in [-0.25, -0.2) is 4.39 Å². The maximum absolute atomic E-state index is 13.4. The van der Waals surface area contributed by atoms with Crippen LogP contribution < -0.4 is 10.2 Å². The molecule has 0 bridgehead atoms. The van der Waals surface area contributed by atoms with Crippen LogP contribution in [-0.2, 0) is 6.54 Å². The molecule has 1 aliphatic carbocycles. The minimum atomic E-state index is -0.126. The monoisotopic (exact) mass is 248 g/mol. The van der Waals surface area contributed by atoms with Gasteiger partial charge in [-0.05, 0) is 48.9 Å². The van der Waals surface area contributed by atoms with Gasteiger partial charge in [-0.2, -0.15) is 0 Å². The molecule has 2 fully saturated rings. The molecule has 0 radical (unpaired) electrons. The maximum Gasteiger partial charge on any atom is 0.123 e. The van der Waals surface area contributed by atoms with E-state index in [-0.39, 0.29) is 5.82 Å². The lowest BCUT2D eigenvalue weighted by atomic mass is 10.1. The Kier molecular flexibility index (Phi) is 3.25. The Bertz CT molecular complexity index is 429. The van der Waals surface area contributed by atoms with Crippen molar-refractivity contribution in [1.82, 2.24) is 5.32 Å². The molecule has 1 unspecified atom stereocenters. The second-order valence-corrected chi connectivity index (χ2v) is 5.77. The molecule has 1 aliphatic heterocycles. The van der Waals surface area contributed by atoms with E-state index >= 15 is 0 Å². The molecule has 1 aromatic carbocycles. The van der Waals surface area contributed by atoms with Crippen molar-refractivity contribution in [3.05, 3.63) is 29.6 Å². The summed E-state index contributed by atoms with van der Waals surface area (Å²) in [5, 5.41) is 3.48. The third-order valence-corrected chi connectivity index (χ3v) is 3.96. The molecule has 0 spiro atoms. The van der Waals surface area contributed by atoms with Crippen molar-refractivity contribution in [2.45, 2.75) is 38.8 Å². The highest BCUT2D eigenvalue weighted by atomic mass is 19.1. The van der Waals surface area contributed by atoms with Crippen LogP contribution in [0.1, 0.15) is 31.7 Å². The van der Waals surface area contributed by atoms with Gasteiger partial charge in [0.2, 0.25) is 0 Å². The standard InChI is InChI=1S/C15H21FN2/c1-11-6-7-18(10-11)15-5-2-13(16)8-12(15)9-17-14-3-4-14/h2,5,8,11,14,17H,3-4,6-7,9-10H2,1H3. The Hall–Kier alpha value is -1.09. The van der Waals surface area contributed by atoms with Crippen LogP contribution in [0, 0.1) is 11.7 Å². The van der Waals surface area contributed by atoms with Crippen LogP contribution in [-0.4, -0.2) is 19.1 Å². The first kappa shape index (κ1) is 12.0. The molecule has 2 aliphatic rings. The second-order valence-electron chi connectivity index (χ2n) is 5.77. The minimum absolute atomic E-state index is 0.126. The summed E-state index contributed by atoms with van der Waals surface area (Å²) in [7, 11) is 0. The first-order valence-electron chi connectivity index (χ1n) is 6.99. The highest BCUT2D eigenvalue weighted by Crippen LogP contribution is 2.28. The molecular formula is C15H21FN2. The molecule has 3 heteroatoms. The Morgan fingerprint density at radius 1 is 1.33 bits per heavy atom. The largest absolute Gasteiger partial charge is 0.371 e. The average Bonchev–Trinajstić information content (AvgIpc) is 3.08. The molecule has 1 aromatic rings. The van der Waals surface area contributed by atoms with Gasteiger partial charge in [-0.15, -0.1) is 0 Å². The highest BCUT2D eigenvalue weighted by Gasteiger charge is 2.23. The zero-order valence-corrected chi connectivity index (χ0v) is 11.0. The van der Waals surface area contributed by atoms with Crippen LogP contribution in [0.25, 0.3) is 0 Å². The zero-order valence-electron chi connectivity index (χ0n) is 11.0. The summed E-state index contributed by atoms with van der Waals surface area (Å²) in [6, 6.07) is 5.88. The van der Waals surface area contributed by atoms with Gasteiger partial charge in [0, 0.05) is 31.4 Å². The lowest BCUT2D eigenvalue weighted by Gasteiger charge is -2.22. The summed E-state index contributed by atoms with van der Waals surface area (Å²) in [4.78, 5) is 2.40. The third-order valence-electron chi connectivity index (χ3n) is 3.96. The molecule has 1 saturated heterocycles. The lowest BCUT2D eigenvalue weighted by molar-refractivity contribution is 0.618. The molecule has 0 amide bonds. The number of benzene rings is 1. The first-order chi connectivity index (χ1) is 8.72. The number of nitrogens with one attached hydrogen (secondary N) is 1. The molecule has 18 heavy (non-hydrogen) atoms. The summed E-state index contributed by atoms with van der Waals surface area (Å²) in [6.07, 6.45) is 3.78. The molecule has 2 nitrogen and oxygen atoms in total. The molecule has 0 aromatic heterocycles. The predicted octanol–water partition coefficient (Wildman–Crippen LogP) is 2.92. The Morgan fingerprint density at radius 2 is 2.17 bits per heavy atom. The Balaban J connectivity index is 1.77. The van der Waals surface area contributed by atoms with Gasteiger partial charge < -0.3 is 10.2 Å². The minimum Gasteiger partial charge on any atom is -0.371 e. The maximum atomic E-state index is 13.4. The molecule has 98 valence electrons. The zero-order chi connectivity index (χ0) is 12.5. The SMILES string of the molecule is CC1CCN(c2ccc(F)cc2CNC2CC2)C1. The van der Waals surface area contributed by atoms with Crippen molar-refractivity contribution >= 4 is 5.69 Å². The Labute approximate surface area is 108 Å². The van der Waals surface area contributed by atoms with Gasteiger partial charge in [0.1, 0.15) is 5.82 Å². The fraction of sp³-hybridized carbons (Fsp3) is 0.600. The number of halogens is 1. The molecule has 1 heterocycles. The lowest BCUT2D eigenvalue weighted by Crippen LogP contribution is -2.23. The molecule has 1 atom stereocenters. The van der Waals surface area contributed by atoms with Gasteiger partial charge >= 0.3 is 0 Å². The van der Waals surface area contributed by atoms with Crippen molar-refractivity contribution in [2.75, 3.05) is 18.0 Å². The predicted molar refractivity (Wildman–Crippen MR) is 72.3 cm³/mol. The van der Waals surface area contributed by atoms with E-state index in [1.165, 1.54) is 24.9 Å². The van der Waals surface area contributed by atoms with Crippen LogP contribution in [0.2, 0.25) is 0 Å². The molecule has 3 rings (SSSR count). The summed E-state index contributed by atoms with van der Waals surface area (Å²) in [5.41, 5.74) is 2.32. The van der Waals surface area contributed by atoms with Crippen molar-refractivity contribution in [1.29, 1.82) is 0 Å². The van der Waals surface area contributed by atoms with E-state index in [4.69, 9.17) is 0 Å². The smallest absolute Gasteiger partial charge is 0.123 e. The first-order valence-corrected chi connectivity index (χ1v) is 6.99. The van der Waals surface area contributed by atoms with Crippen molar-refractivity contribution in [2.24, 2.45) is 5.92 Å². The van der Waals surface area contributed by atoms with Crippen LogP contribution in [0.5, 0.6) is 0 Å². The van der Waals surface area contributed by atoms with E-state index in [0.717, 1.165) is 31.1 Å². The fourth-order valence-corrected chi connectivity index (χ4v) is 2.70. The summed E-state index contributed by atoms with van der Waals surface area (Å²) in [6.45, 7) is 5.28. The average molecular weight is 248 g/mol. The molecule has 1 N–H and O–H groups in total. The van der Waals surface area contributed by atoms with E-state index in [0.29, 0.717) is 6.04 Å². The molecule has 1 saturated carbocycles. The topological polar surface area (TPSA) is 15.3 Å². The van der Waals surface area contributed by atoms with Gasteiger partial charge in [0.05, 0.1) is 0 Å². The van der Waals surface area contributed by atoms with E-state index in [1.54, 1.807) is 12.1 Å². The van der Waals surface area contributed by atoms with E-state index in [1.807, 2.05) is 6.07 Å². The van der Waals surface area contributed by atoms with Crippen LogP contribution in [0.3, 0.4) is 0 Å². The van der Waals surface area contributed by atoms with E-state index < -0.39 is 0 Å². The van der Waals surface area contributed by atoms with Crippen molar-refractivity contribution in [3.63, 3.8) is 0 Å². The third kappa shape index (κ3) is 2.66. The van der Waals surface area contributed by atoms with E-state index in [2.05, 4.69) is 17.1 Å². The quantitative estimate of drug-likeness (QED) is 0.881. The van der Waals surface area contributed by atoms with Crippen LogP contribution >= 0.6 is 0 Å². The van der Waals surface area contributed by atoms with E-state index in [9.17, 15) is 4.39 Å². The normalized spacial score (nSPS) is 23.7. The van der Waals surface area contributed by atoms with Crippen molar-refractivity contribution < 1.29 is 4.39 Å². The number of anilines is 1. The van der Waals surface area contributed by atoms with Gasteiger partial charge in [-0.1, -0.05) is 6.92 Å². The fourth-order valence-electron chi connectivity index (χ4n) is 2.70. The number of nitrogens with zero attached hydrogens (tertiary/aromatic N) is 1.